The minimum absolute atomic E-state index is 0.00745. The molecule has 146 valence electrons. The summed E-state index contributed by atoms with van der Waals surface area (Å²) >= 11 is 4.33. The number of nitriles is 2. The Hall–Kier alpha value is -3.43. The van der Waals surface area contributed by atoms with Crippen LogP contribution in [0.5, 0.6) is 0 Å². The number of thiol groups is 1. The quantitative estimate of drug-likeness (QED) is 0.684. The summed E-state index contributed by atoms with van der Waals surface area (Å²) in [7, 11) is 0. The molecule has 29 heavy (non-hydrogen) atoms. The fourth-order valence-electron chi connectivity index (χ4n) is 3.11. The van der Waals surface area contributed by atoms with E-state index in [9.17, 15) is 23.2 Å². The molecule has 2 aromatic carbocycles. The van der Waals surface area contributed by atoms with Crippen LogP contribution in [0.15, 0.2) is 58.6 Å². The number of benzene rings is 2. The van der Waals surface area contributed by atoms with Crippen LogP contribution in [0.2, 0.25) is 0 Å². The van der Waals surface area contributed by atoms with Crippen LogP contribution in [-0.4, -0.2) is 6.03 Å². The molecule has 0 aliphatic carbocycles. The summed E-state index contributed by atoms with van der Waals surface area (Å²) in [5.41, 5.74) is 0.318. The van der Waals surface area contributed by atoms with Crippen LogP contribution in [0, 0.1) is 22.7 Å². The zero-order chi connectivity index (χ0) is 21.3. The lowest BCUT2D eigenvalue weighted by Gasteiger charge is -2.34. The van der Waals surface area contributed by atoms with Gasteiger partial charge in [0, 0.05) is 10.6 Å². The minimum Gasteiger partial charge on any atom is -0.326 e. The predicted octanol–water partition coefficient (Wildman–Crippen LogP) is 4.93. The predicted molar refractivity (Wildman–Crippen MR) is 102 cm³/mol. The number of halogens is 3. The van der Waals surface area contributed by atoms with Crippen LogP contribution < -0.4 is 10.2 Å². The zero-order valence-corrected chi connectivity index (χ0v) is 15.8. The number of anilines is 1. The Balaban J connectivity index is 2.10. The molecule has 1 heterocycles. The van der Waals surface area contributed by atoms with Gasteiger partial charge in [-0.1, -0.05) is 12.1 Å². The van der Waals surface area contributed by atoms with Gasteiger partial charge in [-0.25, -0.2) is 4.79 Å². The molecular weight excluding hydrogens is 401 g/mol. The number of nitrogens with zero attached hydrogens (tertiary/aromatic N) is 3. The molecule has 2 aromatic rings. The molecule has 0 aromatic heterocycles. The lowest BCUT2D eigenvalue weighted by molar-refractivity contribution is -0.137. The Morgan fingerprint density at radius 1 is 1.14 bits per heavy atom. The zero-order valence-electron chi connectivity index (χ0n) is 14.9. The molecule has 9 heteroatoms. The van der Waals surface area contributed by atoms with Crippen molar-refractivity contribution in [2.45, 2.75) is 24.0 Å². The van der Waals surface area contributed by atoms with Crippen molar-refractivity contribution in [1.82, 2.24) is 5.32 Å². The maximum absolute atomic E-state index is 13.0. The van der Waals surface area contributed by atoms with Gasteiger partial charge in [0.25, 0.3) is 0 Å². The number of hydrogen-bond acceptors (Lipinski definition) is 4. The van der Waals surface area contributed by atoms with Gasteiger partial charge in [0.05, 0.1) is 40.6 Å². The van der Waals surface area contributed by atoms with Crippen LogP contribution in [-0.2, 0) is 6.18 Å². The molecular formula is C20H13F3N4OS. The third-order valence-electron chi connectivity index (χ3n) is 4.51. The Morgan fingerprint density at radius 3 is 2.45 bits per heavy atom. The monoisotopic (exact) mass is 414 g/mol. The number of urea groups is 1. The average molecular weight is 414 g/mol. The molecule has 0 saturated heterocycles. The highest BCUT2D eigenvalue weighted by Gasteiger charge is 2.36. The van der Waals surface area contributed by atoms with Crippen molar-refractivity contribution >= 4 is 24.3 Å². The second-order valence-electron chi connectivity index (χ2n) is 6.26. The SMILES string of the molecule is CC1=C(C#N)C(c2ccc(C#N)cc2S)NC(=O)N1c1cccc(C(F)(F)F)c1. The van der Waals surface area contributed by atoms with Crippen LogP contribution >= 0.6 is 12.6 Å². The molecule has 1 aliphatic heterocycles. The highest BCUT2D eigenvalue weighted by Crippen LogP contribution is 2.37. The van der Waals surface area contributed by atoms with E-state index >= 15 is 0 Å². The van der Waals surface area contributed by atoms with Gasteiger partial charge in [0.15, 0.2) is 0 Å². The molecule has 0 radical (unpaired) electrons. The average Bonchev–Trinajstić information content (AvgIpc) is 2.67. The maximum atomic E-state index is 13.0. The largest absolute Gasteiger partial charge is 0.416 e. The van der Waals surface area contributed by atoms with Crippen molar-refractivity contribution in [3.63, 3.8) is 0 Å². The Labute approximate surface area is 170 Å². The van der Waals surface area contributed by atoms with Crippen molar-refractivity contribution in [3.05, 3.63) is 70.4 Å². The highest BCUT2D eigenvalue weighted by molar-refractivity contribution is 7.80. The first-order chi connectivity index (χ1) is 13.7. The highest BCUT2D eigenvalue weighted by atomic mass is 32.1. The number of rotatable bonds is 2. The van der Waals surface area contributed by atoms with Gasteiger partial charge in [0.1, 0.15) is 0 Å². The first-order valence-corrected chi connectivity index (χ1v) is 8.74. The van der Waals surface area contributed by atoms with Crippen LogP contribution in [0.3, 0.4) is 0 Å². The molecule has 2 amide bonds. The van der Waals surface area contributed by atoms with Gasteiger partial charge in [-0.05, 0) is 42.8 Å². The first-order valence-electron chi connectivity index (χ1n) is 8.29. The number of carbonyl (C=O) groups excluding carboxylic acids is 1. The molecule has 0 saturated carbocycles. The second kappa shape index (κ2) is 7.53. The normalized spacial score (nSPS) is 16.9. The summed E-state index contributed by atoms with van der Waals surface area (Å²) in [6.07, 6.45) is -4.57. The van der Waals surface area contributed by atoms with E-state index in [0.29, 0.717) is 16.0 Å². The molecule has 5 nitrogen and oxygen atoms in total. The van der Waals surface area contributed by atoms with Crippen molar-refractivity contribution < 1.29 is 18.0 Å². The van der Waals surface area contributed by atoms with Crippen molar-refractivity contribution in [3.8, 4) is 12.1 Å². The van der Waals surface area contributed by atoms with E-state index in [1.165, 1.54) is 31.2 Å². The van der Waals surface area contributed by atoms with Gasteiger partial charge in [0.2, 0.25) is 0 Å². The van der Waals surface area contributed by atoms with E-state index < -0.39 is 23.8 Å². The number of nitrogens with one attached hydrogen (secondary N) is 1. The standard InChI is InChI=1S/C20H13F3N4OS/c1-11-16(10-25)18(15-6-5-12(9-24)7-17(15)29)26-19(28)27(11)14-4-2-3-13(8-14)20(21,22)23/h2-8,18,29H,1H3,(H,26,28). The smallest absolute Gasteiger partial charge is 0.326 e. The molecule has 1 aliphatic rings. The van der Waals surface area contributed by atoms with Gasteiger partial charge in [-0.15, -0.1) is 12.6 Å². The fraction of sp³-hybridized carbons (Fsp3) is 0.150. The maximum Gasteiger partial charge on any atom is 0.416 e. The van der Waals surface area contributed by atoms with Crippen molar-refractivity contribution in [2.24, 2.45) is 0 Å². The third-order valence-corrected chi connectivity index (χ3v) is 4.89. The second-order valence-corrected chi connectivity index (χ2v) is 6.74. The Bertz CT molecular complexity index is 1110. The number of amides is 2. The molecule has 3 rings (SSSR count). The van der Waals surface area contributed by atoms with Crippen LogP contribution in [0.25, 0.3) is 0 Å². The molecule has 0 bridgehead atoms. The molecule has 0 fully saturated rings. The lowest BCUT2D eigenvalue weighted by Crippen LogP contribution is -2.46. The van der Waals surface area contributed by atoms with Crippen molar-refractivity contribution in [1.29, 1.82) is 10.5 Å². The molecule has 1 atom stereocenters. The summed E-state index contributed by atoms with van der Waals surface area (Å²) in [6, 6.07) is 11.4. The molecule has 1 N–H and O–H groups in total. The van der Waals surface area contributed by atoms with Gasteiger partial charge >= 0.3 is 12.2 Å². The van der Waals surface area contributed by atoms with Crippen LogP contribution in [0.1, 0.15) is 29.7 Å². The minimum atomic E-state index is -4.57. The summed E-state index contributed by atoms with van der Waals surface area (Å²) in [5.74, 6) is 0. The van der Waals surface area contributed by atoms with E-state index in [0.717, 1.165) is 17.0 Å². The number of hydrogen-bond donors (Lipinski definition) is 2. The lowest BCUT2D eigenvalue weighted by atomic mass is 9.94. The molecule has 1 unspecified atom stereocenters. The number of alkyl halides is 3. The van der Waals surface area contributed by atoms with E-state index in [1.807, 2.05) is 12.1 Å². The number of allylic oxidation sites excluding steroid dienone is 1. The van der Waals surface area contributed by atoms with Gasteiger partial charge in [-0.2, -0.15) is 23.7 Å². The van der Waals surface area contributed by atoms with E-state index in [2.05, 4.69) is 17.9 Å². The van der Waals surface area contributed by atoms with Gasteiger partial charge < -0.3 is 5.32 Å². The summed E-state index contributed by atoms with van der Waals surface area (Å²) in [6.45, 7) is 1.49. The topological polar surface area (TPSA) is 79.9 Å². The summed E-state index contributed by atoms with van der Waals surface area (Å²) in [5, 5.41) is 21.3. The van der Waals surface area contributed by atoms with E-state index in [1.54, 1.807) is 6.07 Å². The summed E-state index contributed by atoms with van der Waals surface area (Å²) < 4.78 is 39.1. The first kappa shape index (κ1) is 20.3. The van der Waals surface area contributed by atoms with E-state index in [-0.39, 0.29) is 17.0 Å². The Kier molecular flexibility index (Phi) is 5.27. The van der Waals surface area contributed by atoms with Crippen molar-refractivity contribution in [2.75, 3.05) is 4.90 Å². The van der Waals surface area contributed by atoms with E-state index in [4.69, 9.17) is 5.26 Å². The van der Waals surface area contributed by atoms with Gasteiger partial charge in [-0.3, -0.25) is 4.90 Å². The fourth-order valence-corrected chi connectivity index (χ4v) is 3.45. The van der Waals surface area contributed by atoms with Crippen LogP contribution in [0.4, 0.5) is 23.7 Å². The number of carbonyl (C=O) groups is 1. The molecule has 0 spiro atoms. The third kappa shape index (κ3) is 3.78. The Morgan fingerprint density at radius 2 is 1.86 bits per heavy atom. The summed E-state index contributed by atoms with van der Waals surface area (Å²) in [4.78, 5) is 14.2.